The fourth-order valence-electron chi connectivity index (χ4n) is 1.52. The van der Waals surface area contributed by atoms with Gasteiger partial charge in [-0.2, -0.15) is 0 Å². The Hall–Kier alpha value is -0.970. The Labute approximate surface area is 99.8 Å². The van der Waals surface area contributed by atoms with Crippen LogP contribution in [0.15, 0.2) is 0 Å². The lowest BCUT2D eigenvalue weighted by Gasteiger charge is -2.06. The second-order valence-electron chi connectivity index (χ2n) is 4.17. The summed E-state index contributed by atoms with van der Waals surface area (Å²) in [5, 5.41) is 0. The maximum Gasteiger partial charge on any atom is 0.307 e. The van der Waals surface area contributed by atoms with Gasteiger partial charge in [-0.3, -0.25) is 4.79 Å². The van der Waals surface area contributed by atoms with Crippen LogP contribution in [0, 0.1) is 12.3 Å². The molecule has 0 rings (SSSR count). The molecule has 0 amide bonds. The summed E-state index contributed by atoms with van der Waals surface area (Å²) in [4.78, 5) is 11.2. The average Bonchev–Trinajstić information content (AvgIpc) is 2.27. The Morgan fingerprint density at radius 2 is 1.75 bits per heavy atom. The summed E-state index contributed by atoms with van der Waals surface area (Å²) < 4.78 is 4.97. The molecule has 0 spiro atoms. The van der Waals surface area contributed by atoms with E-state index in [1.165, 1.54) is 32.1 Å². The van der Waals surface area contributed by atoms with Crippen molar-refractivity contribution in [1.82, 2.24) is 0 Å². The van der Waals surface area contributed by atoms with E-state index in [-0.39, 0.29) is 5.97 Å². The number of carbonyl (C=O) groups is 1. The van der Waals surface area contributed by atoms with Crippen LogP contribution < -0.4 is 0 Å². The first kappa shape index (κ1) is 15.0. The van der Waals surface area contributed by atoms with E-state index >= 15 is 0 Å². The van der Waals surface area contributed by atoms with Gasteiger partial charge in [0, 0.05) is 6.42 Å². The van der Waals surface area contributed by atoms with Crippen molar-refractivity contribution in [2.75, 3.05) is 0 Å². The lowest BCUT2D eigenvalue weighted by Crippen LogP contribution is -2.12. The molecule has 2 nitrogen and oxygen atoms in total. The standard InChI is InChI=1S/C14H24O2/c1-4-6-7-8-9-10-11-12-14(15)16-13(3)5-2/h2,13H,4,6-12H2,1,3H3/t13-/m1/s1. The number of hydrogen-bond acceptors (Lipinski definition) is 2. The van der Waals surface area contributed by atoms with Crippen LogP contribution >= 0.6 is 0 Å². The summed E-state index contributed by atoms with van der Waals surface area (Å²) in [7, 11) is 0. The monoisotopic (exact) mass is 224 g/mol. The summed E-state index contributed by atoms with van der Waals surface area (Å²) in [6.07, 6.45) is 13.7. The van der Waals surface area contributed by atoms with Crippen molar-refractivity contribution in [2.24, 2.45) is 0 Å². The van der Waals surface area contributed by atoms with E-state index in [4.69, 9.17) is 11.2 Å². The lowest BCUT2D eigenvalue weighted by molar-refractivity contribution is -0.145. The minimum Gasteiger partial charge on any atom is -0.449 e. The zero-order chi connectivity index (χ0) is 12.2. The maximum absolute atomic E-state index is 11.2. The third-order valence-electron chi connectivity index (χ3n) is 2.53. The van der Waals surface area contributed by atoms with E-state index in [9.17, 15) is 4.79 Å². The molecule has 0 saturated heterocycles. The van der Waals surface area contributed by atoms with E-state index in [0.717, 1.165) is 12.8 Å². The Bertz CT molecular complexity index is 215. The number of ether oxygens (including phenoxy) is 1. The zero-order valence-electron chi connectivity index (χ0n) is 10.6. The van der Waals surface area contributed by atoms with Crippen molar-refractivity contribution in [1.29, 1.82) is 0 Å². The molecule has 0 radical (unpaired) electrons. The van der Waals surface area contributed by atoms with Crippen LogP contribution in [0.3, 0.4) is 0 Å². The number of unbranched alkanes of at least 4 members (excludes halogenated alkanes) is 6. The molecule has 0 aliphatic carbocycles. The maximum atomic E-state index is 11.2. The Morgan fingerprint density at radius 1 is 1.19 bits per heavy atom. The van der Waals surface area contributed by atoms with Crippen LogP contribution in [-0.2, 0) is 9.53 Å². The summed E-state index contributed by atoms with van der Waals surface area (Å²) in [6.45, 7) is 3.92. The number of esters is 1. The van der Waals surface area contributed by atoms with Gasteiger partial charge in [0.15, 0.2) is 6.10 Å². The van der Waals surface area contributed by atoms with Gasteiger partial charge in [0.25, 0.3) is 0 Å². The summed E-state index contributed by atoms with van der Waals surface area (Å²) in [5.74, 6) is 2.21. The molecule has 92 valence electrons. The Morgan fingerprint density at radius 3 is 2.31 bits per heavy atom. The van der Waals surface area contributed by atoms with Crippen LogP contribution in [0.1, 0.15) is 65.2 Å². The largest absolute Gasteiger partial charge is 0.449 e. The molecule has 0 N–H and O–H groups in total. The minimum absolute atomic E-state index is 0.168. The van der Waals surface area contributed by atoms with Crippen molar-refractivity contribution in [3.8, 4) is 12.3 Å². The van der Waals surface area contributed by atoms with Crippen LogP contribution in [0.2, 0.25) is 0 Å². The number of carbonyl (C=O) groups excluding carboxylic acids is 1. The van der Waals surface area contributed by atoms with Gasteiger partial charge in [0.2, 0.25) is 0 Å². The predicted octanol–water partition coefficient (Wildman–Crippen LogP) is 3.69. The third kappa shape index (κ3) is 9.58. The summed E-state index contributed by atoms with van der Waals surface area (Å²) in [6, 6.07) is 0. The third-order valence-corrected chi connectivity index (χ3v) is 2.53. The summed E-state index contributed by atoms with van der Waals surface area (Å²) >= 11 is 0. The van der Waals surface area contributed by atoms with Gasteiger partial charge in [-0.15, -0.1) is 6.42 Å². The fraction of sp³-hybridized carbons (Fsp3) is 0.786. The van der Waals surface area contributed by atoms with Gasteiger partial charge < -0.3 is 4.74 Å². The molecule has 0 aliphatic rings. The van der Waals surface area contributed by atoms with Crippen LogP contribution in [-0.4, -0.2) is 12.1 Å². The van der Waals surface area contributed by atoms with E-state index in [2.05, 4.69) is 12.8 Å². The average molecular weight is 224 g/mol. The van der Waals surface area contributed by atoms with Gasteiger partial charge in [-0.1, -0.05) is 51.4 Å². The predicted molar refractivity (Wildman–Crippen MR) is 67.0 cm³/mol. The first-order valence-corrected chi connectivity index (χ1v) is 6.36. The smallest absolute Gasteiger partial charge is 0.307 e. The molecule has 1 atom stereocenters. The van der Waals surface area contributed by atoms with E-state index in [0.29, 0.717) is 6.42 Å². The molecule has 0 fully saturated rings. The molecular weight excluding hydrogens is 200 g/mol. The van der Waals surface area contributed by atoms with Crippen LogP contribution in [0.5, 0.6) is 0 Å². The molecule has 0 aromatic carbocycles. The molecule has 16 heavy (non-hydrogen) atoms. The van der Waals surface area contributed by atoms with Crippen molar-refractivity contribution < 1.29 is 9.53 Å². The highest BCUT2D eigenvalue weighted by atomic mass is 16.5. The molecule has 0 aromatic rings. The second kappa shape index (κ2) is 10.5. The molecule has 0 aliphatic heterocycles. The first-order chi connectivity index (χ1) is 7.70. The lowest BCUT2D eigenvalue weighted by atomic mass is 10.1. The highest BCUT2D eigenvalue weighted by Crippen LogP contribution is 2.09. The van der Waals surface area contributed by atoms with Crippen LogP contribution in [0.25, 0.3) is 0 Å². The Balaban J connectivity index is 3.25. The zero-order valence-corrected chi connectivity index (χ0v) is 10.6. The quantitative estimate of drug-likeness (QED) is 0.339. The van der Waals surface area contributed by atoms with Crippen molar-refractivity contribution >= 4 is 5.97 Å². The molecule has 0 bridgehead atoms. The van der Waals surface area contributed by atoms with E-state index < -0.39 is 6.10 Å². The second-order valence-corrected chi connectivity index (χ2v) is 4.17. The fourth-order valence-corrected chi connectivity index (χ4v) is 1.52. The van der Waals surface area contributed by atoms with E-state index in [1.54, 1.807) is 6.92 Å². The van der Waals surface area contributed by atoms with Gasteiger partial charge in [-0.25, -0.2) is 0 Å². The van der Waals surface area contributed by atoms with Gasteiger partial charge in [-0.05, 0) is 13.3 Å². The van der Waals surface area contributed by atoms with Gasteiger partial charge in [0.1, 0.15) is 0 Å². The molecule has 0 heterocycles. The number of rotatable bonds is 9. The molecular formula is C14H24O2. The minimum atomic E-state index is -0.392. The molecule has 0 saturated carbocycles. The molecule has 0 aromatic heterocycles. The molecule has 2 heteroatoms. The molecule has 0 unspecified atom stereocenters. The normalized spacial score (nSPS) is 11.8. The van der Waals surface area contributed by atoms with Crippen LogP contribution in [0.4, 0.5) is 0 Å². The Kier molecular flexibility index (Phi) is 9.91. The highest BCUT2D eigenvalue weighted by Gasteiger charge is 2.05. The van der Waals surface area contributed by atoms with Gasteiger partial charge >= 0.3 is 5.97 Å². The first-order valence-electron chi connectivity index (χ1n) is 6.36. The van der Waals surface area contributed by atoms with Crippen molar-refractivity contribution in [3.05, 3.63) is 0 Å². The van der Waals surface area contributed by atoms with E-state index in [1.807, 2.05) is 0 Å². The highest BCUT2D eigenvalue weighted by molar-refractivity contribution is 5.69. The number of hydrogen-bond donors (Lipinski definition) is 0. The topological polar surface area (TPSA) is 26.3 Å². The van der Waals surface area contributed by atoms with Crippen molar-refractivity contribution in [3.63, 3.8) is 0 Å². The number of terminal acetylenes is 1. The SMILES string of the molecule is C#C[C@@H](C)OC(=O)CCCCCCCCC. The van der Waals surface area contributed by atoms with Gasteiger partial charge in [0.05, 0.1) is 0 Å². The summed E-state index contributed by atoms with van der Waals surface area (Å²) in [5.41, 5.74) is 0. The van der Waals surface area contributed by atoms with Crippen molar-refractivity contribution in [2.45, 2.75) is 71.3 Å².